The fourth-order valence-corrected chi connectivity index (χ4v) is 4.60. The molecule has 1 aromatic carbocycles. The minimum Gasteiger partial charge on any atom is -0.508 e. The summed E-state index contributed by atoms with van der Waals surface area (Å²) in [5.41, 5.74) is 1.02. The smallest absolute Gasteiger partial charge is 0.118 e. The summed E-state index contributed by atoms with van der Waals surface area (Å²) in [6.07, 6.45) is 4.20. The van der Waals surface area contributed by atoms with Gasteiger partial charge in [0.2, 0.25) is 0 Å². The molecule has 0 aliphatic carbocycles. The van der Waals surface area contributed by atoms with Gasteiger partial charge in [-0.3, -0.25) is 0 Å². The van der Waals surface area contributed by atoms with Gasteiger partial charge in [-0.2, -0.15) is 0 Å². The lowest BCUT2D eigenvalue weighted by Gasteiger charge is -2.26. The maximum Gasteiger partial charge on any atom is 0.118 e. The van der Waals surface area contributed by atoms with Crippen LogP contribution in [0, 0.1) is 6.92 Å². The van der Waals surface area contributed by atoms with E-state index >= 15 is 0 Å². The molecule has 0 aromatic heterocycles. The molecule has 2 rings (SSSR count). The Morgan fingerprint density at radius 2 is 1.86 bits per heavy atom. The quantitative estimate of drug-likeness (QED) is 0.682. The van der Waals surface area contributed by atoms with E-state index in [4.69, 9.17) is 0 Å². The van der Waals surface area contributed by atoms with E-state index in [1.807, 2.05) is 13.0 Å². The lowest BCUT2D eigenvalue weighted by molar-refractivity contribution is 0.470. The Kier molecular flexibility index (Phi) is 3.02. The molecule has 0 unspecified atom stereocenters. The molecule has 0 atom stereocenters. The molecule has 0 radical (unpaired) electrons. The average molecular weight is 210 g/mol. The van der Waals surface area contributed by atoms with Crippen LogP contribution < -0.4 is 0 Å². The summed E-state index contributed by atoms with van der Waals surface area (Å²) in [5, 5.41) is 9.45. The Balaban J connectivity index is 2.18. The van der Waals surface area contributed by atoms with Crippen molar-refractivity contribution in [3.63, 3.8) is 0 Å². The maximum absolute atomic E-state index is 9.45. The highest BCUT2D eigenvalue weighted by atomic mass is 32.2. The van der Waals surface area contributed by atoms with Crippen LogP contribution in [0.3, 0.4) is 0 Å². The standard InChI is InChI=1S/C12H18OS/c1-10-9-11(5-6-12(10)13)14-7-3-2-4-8-14/h5-6,9,13-14H,2-4,7-8H2,1H3. The van der Waals surface area contributed by atoms with Crippen molar-refractivity contribution >= 4 is 10.9 Å². The number of rotatable bonds is 1. The van der Waals surface area contributed by atoms with Crippen LogP contribution in [0.1, 0.15) is 24.8 Å². The van der Waals surface area contributed by atoms with Crippen LogP contribution >= 0.6 is 10.9 Å². The van der Waals surface area contributed by atoms with Crippen molar-refractivity contribution in [2.24, 2.45) is 0 Å². The number of benzene rings is 1. The van der Waals surface area contributed by atoms with Gasteiger partial charge < -0.3 is 5.11 Å². The molecule has 1 nitrogen and oxygen atoms in total. The highest BCUT2D eigenvalue weighted by Gasteiger charge is 2.12. The summed E-state index contributed by atoms with van der Waals surface area (Å²) in [6.45, 7) is 1.98. The molecule has 0 spiro atoms. The average Bonchev–Trinajstić information content (AvgIpc) is 2.23. The Labute approximate surface area is 88.5 Å². The summed E-state index contributed by atoms with van der Waals surface area (Å²) in [7, 11) is 0.0935. The second kappa shape index (κ2) is 4.26. The van der Waals surface area contributed by atoms with E-state index < -0.39 is 0 Å². The van der Waals surface area contributed by atoms with E-state index in [0.717, 1.165) is 5.56 Å². The van der Waals surface area contributed by atoms with Crippen molar-refractivity contribution in [1.29, 1.82) is 0 Å². The fourth-order valence-electron chi connectivity index (χ4n) is 1.99. The van der Waals surface area contributed by atoms with E-state index in [9.17, 15) is 5.11 Å². The van der Waals surface area contributed by atoms with Gasteiger partial charge in [0.05, 0.1) is 0 Å². The molecule has 0 amide bonds. The number of phenols is 1. The highest BCUT2D eigenvalue weighted by Crippen LogP contribution is 2.42. The molecule has 1 aliphatic heterocycles. The molecule has 1 saturated heterocycles. The Morgan fingerprint density at radius 1 is 1.14 bits per heavy atom. The molecule has 1 aromatic rings. The van der Waals surface area contributed by atoms with Gasteiger partial charge in [-0.05, 0) is 59.9 Å². The molecule has 78 valence electrons. The minimum absolute atomic E-state index is 0.0935. The van der Waals surface area contributed by atoms with Gasteiger partial charge in [-0.25, -0.2) is 10.9 Å². The molecular weight excluding hydrogens is 192 g/mol. The zero-order chi connectivity index (χ0) is 9.97. The molecular formula is C12H18OS. The first-order chi connectivity index (χ1) is 6.77. The predicted molar refractivity (Wildman–Crippen MR) is 63.7 cm³/mol. The van der Waals surface area contributed by atoms with Crippen LogP contribution in [0.2, 0.25) is 0 Å². The molecule has 1 heterocycles. The lowest BCUT2D eigenvalue weighted by Crippen LogP contribution is -2.02. The number of phenolic OH excluding ortho intramolecular Hbond substituents is 1. The van der Waals surface area contributed by atoms with Crippen LogP contribution in [-0.4, -0.2) is 16.6 Å². The normalized spacial score (nSPS) is 19.6. The van der Waals surface area contributed by atoms with Gasteiger partial charge in [-0.1, -0.05) is 6.42 Å². The highest BCUT2D eigenvalue weighted by molar-refractivity contribution is 8.17. The largest absolute Gasteiger partial charge is 0.508 e. The van der Waals surface area contributed by atoms with Gasteiger partial charge in [-0.15, -0.1) is 0 Å². The monoisotopic (exact) mass is 210 g/mol. The summed E-state index contributed by atoms with van der Waals surface area (Å²) in [4.78, 5) is 1.48. The second-order valence-electron chi connectivity index (χ2n) is 4.02. The van der Waals surface area contributed by atoms with Crippen LogP contribution in [0.4, 0.5) is 0 Å². The van der Waals surface area contributed by atoms with Crippen molar-refractivity contribution < 1.29 is 5.11 Å². The van der Waals surface area contributed by atoms with Crippen molar-refractivity contribution in [1.82, 2.24) is 0 Å². The van der Waals surface area contributed by atoms with Crippen molar-refractivity contribution in [3.8, 4) is 5.75 Å². The SMILES string of the molecule is Cc1cc([SH]2CCCCC2)ccc1O. The third-order valence-electron chi connectivity index (χ3n) is 2.90. The number of aryl methyl sites for hydroxylation is 1. The Morgan fingerprint density at radius 3 is 2.50 bits per heavy atom. The topological polar surface area (TPSA) is 20.2 Å². The Hall–Kier alpha value is -0.630. The zero-order valence-electron chi connectivity index (χ0n) is 8.66. The molecule has 2 heteroatoms. The number of thiol groups is 1. The predicted octanol–water partition coefficient (Wildman–Crippen LogP) is 3.24. The second-order valence-corrected chi connectivity index (χ2v) is 6.51. The molecule has 14 heavy (non-hydrogen) atoms. The number of hydrogen-bond donors (Lipinski definition) is 2. The zero-order valence-corrected chi connectivity index (χ0v) is 9.56. The van der Waals surface area contributed by atoms with Gasteiger partial charge >= 0.3 is 0 Å². The summed E-state index contributed by atoms with van der Waals surface area (Å²) < 4.78 is 0. The molecule has 1 fully saturated rings. The van der Waals surface area contributed by atoms with Crippen molar-refractivity contribution in [2.75, 3.05) is 11.5 Å². The van der Waals surface area contributed by atoms with Gasteiger partial charge in [0.25, 0.3) is 0 Å². The minimum atomic E-state index is 0.0935. The third kappa shape index (κ3) is 2.06. The van der Waals surface area contributed by atoms with E-state index in [1.165, 1.54) is 35.7 Å². The lowest BCUT2D eigenvalue weighted by atomic mass is 10.2. The fraction of sp³-hybridized carbons (Fsp3) is 0.500. The first kappa shape index (κ1) is 9.91. The van der Waals surface area contributed by atoms with E-state index in [-0.39, 0.29) is 10.9 Å². The first-order valence-corrected chi connectivity index (χ1v) is 7.03. The summed E-state index contributed by atoms with van der Waals surface area (Å²) >= 11 is 0. The number of hydrogen-bond acceptors (Lipinski definition) is 1. The van der Waals surface area contributed by atoms with E-state index in [1.54, 1.807) is 0 Å². The van der Waals surface area contributed by atoms with E-state index in [0.29, 0.717) is 5.75 Å². The third-order valence-corrected chi connectivity index (χ3v) is 5.62. The van der Waals surface area contributed by atoms with Crippen LogP contribution in [0.15, 0.2) is 23.1 Å². The summed E-state index contributed by atoms with van der Waals surface area (Å²) in [5.74, 6) is 3.21. The summed E-state index contributed by atoms with van der Waals surface area (Å²) in [6, 6.07) is 6.13. The van der Waals surface area contributed by atoms with Crippen molar-refractivity contribution in [2.45, 2.75) is 31.1 Å². The maximum atomic E-state index is 9.45. The van der Waals surface area contributed by atoms with E-state index in [2.05, 4.69) is 12.1 Å². The van der Waals surface area contributed by atoms with Crippen molar-refractivity contribution in [3.05, 3.63) is 23.8 Å². The molecule has 0 bridgehead atoms. The van der Waals surface area contributed by atoms with Crippen LogP contribution in [0.5, 0.6) is 5.75 Å². The molecule has 1 aliphatic rings. The van der Waals surface area contributed by atoms with Crippen LogP contribution in [-0.2, 0) is 0 Å². The van der Waals surface area contributed by atoms with Gasteiger partial charge in [0.15, 0.2) is 0 Å². The Bertz CT molecular complexity index is 316. The molecule has 1 N–H and O–H groups in total. The molecule has 0 saturated carbocycles. The van der Waals surface area contributed by atoms with Crippen LogP contribution in [0.25, 0.3) is 0 Å². The van der Waals surface area contributed by atoms with Gasteiger partial charge in [0, 0.05) is 0 Å². The van der Waals surface area contributed by atoms with Gasteiger partial charge in [0.1, 0.15) is 5.75 Å². The first-order valence-electron chi connectivity index (χ1n) is 5.32. The number of aromatic hydroxyl groups is 1.